The van der Waals surface area contributed by atoms with Gasteiger partial charge in [0, 0.05) is 5.67 Å². The van der Waals surface area contributed by atoms with Gasteiger partial charge >= 0.3 is 0 Å². The van der Waals surface area contributed by atoms with Crippen molar-refractivity contribution in [3.8, 4) is 0 Å². The van der Waals surface area contributed by atoms with Crippen LogP contribution in [0.5, 0.6) is 0 Å². The molecule has 2 atom stereocenters. The number of benzene rings is 1. The second-order valence-electron chi connectivity index (χ2n) is 5.84. The van der Waals surface area contributed by atoms with E-state index in [1.54, 1.807) is 5.56 Å². The lowest BCUT2D eigenvalue weighted by Gasteiger charge is -2.35. The van der Waals surface area contributed by atoms with E-state index < -0.39 is 8.07 Å². The molecule has 0 N–H and O–H groups in total. The molecule has 1 aliphatic rings. The van der Waals surface area contributed by atoms with E-state index in [-0.39, 0.29) is 0 Å². The molecule has 1 aromatic carbocycles. The van der Waals surface area contributed by atoms with Crippen molar-refractivity contribution < 1.29 is 0 Å². The first-order valence-electron chi connectivity index (χ1n) is 6.25. The van der Waals surface area contributed by atoms with E-state index in [1.165, 1.54) is 12.8 Å². The monoisotopic (exact) mass is 233 g/mol. The lowest BCUT2D eigenvalue weighted by atomic mass is 10.1. The summed E-state index contributed by atoms with van der Waals surface area (Å²) >= 11 is 0. The highest BCUT2D eigenvalue weighted by molar-refractivity contribution is 6.80. The first-order chi connectivity index (χ1) is 7.53. The Morgan fingerprint density at radius 1 is 1.06 bits per heavy atom. The van der Waals surface area contributed by atoms with Crippen LogP contribution >= 0.6 is 0 Å². The maximum atomic E-state index is 2.56. The predicted molar refractivity (Wildman–Crippen MR) is 73.4 cm³/mol. The Morgan fingerprint density at radius 2 is 1.69 bits per heavy atom. The van der Waals surface area contributed by atoms with E-state index in [1.807, 2.05) is 0 Å². The van der Waals surface area contributed by atoms with Crippen LogP contribution in [0.4, 0.5) is 0 Å². The van der Waals surface area contributed by atoms with Crippen LogP contribution in [0.2, 0.25) is 13.1 Å². The Morgan fingerprint density at radius 3 is 2.19 bits per heavy atom. The maximum absolute atomic E-state index is 2.56. The molecule has 16 heavy (non-hydrogen) atoms. The van der Waals surface area contributed by atoms with Crippen LogP contribution in [0.1, 0.15) is 23.9 Å². The fourth-order valence-corrected chi connectivity index (χ4v) is 8.17. The van der Waals surface area contributed by atoms with Crippen molar-refractivity contribution in [2.24, 2.45) is 0 Å². The maximum Gasteiger partial charge on any atom is 0.0742 e. The average molecular weight is 233 g/mol. The summed E-state index contributed by atoms with van der Waals surface area (Å²) in [4.78, 5) is 2.45. The van der Waals surface area contributed by atoms with Gasteiger partial charge in [-0.2, -0.15) is 0 Å². The standard InChI is InChI=1S/C14H23NSi/c1-15(2)14-11-10-13(16(14,3)4)12-8-6-5-7-9-12/h5-9,13-14H,10-11H2,1-4H3/t13-,14+/m1/s1. The summed E-state index contributed by atoms with van der Waals surface area (Å²) in [5.41, 5.74) is 3.27. The van der Waals surface area contributed by atoms with Gasteiger partial charge in [-0.05, 0) is 38.0 Å². The Balaban J connectivity index is 2.26. The van der Waals surface area contributed by atoms with Crippen LogP contribution in [0.25, 0.3) is 0 Å². The molecule has 0 aliphatic carbocycles. The zero-order chi connectivity index (χ0) is 11.8. The van der Waals surface area contributed by atoms with Gasteiger partial charge in [0.15, 0.2) is 0 Å². The van der Waals surface area contributed by atoms with E-state index in [0.717, 1.165) is 11.2 Å². The summed E-state index contributed by atoms with van der Waals surface area (Å²) < 4.78 is 0. The van der Waals surface area contributed by atoms with Crippen molar-refractivity contribution in [3.05, 3.63) is 35.9 Å². The first-order valence-corrected chi connectivity index (χ1v) is 9.40. The topological polar surface area (TPSA) is 3.24 Å². The zero-order valence-corrected chi connectivity index (χ0v) is 11.9. The van der Waals surface area contributed by atoms with Gasteiger partial charge in [0.2, 0.25) is 0 Å². The van der Waals surface area contributed by atoms with Gasteiger partial charge in [0.1, 0.15) is 0 Å². The molecule has 1 aliphatic heterocycles. The molecule has 1 nitrogen and oxygen atoms in total. The van der Waals surface area contributed by atoms with Crippen LogP contribution in [0.15, 0.2) is 30.3 Å². The Kier molecular flexibility index (Phi) is 3.22. The highest BCUT2D eigenvalue weighted by atomic mass is 28.3. The minimum absolute atomic E-state index is 0.845. The highest BCUT2D eigenvalue weighted by Gasteiger charge is 2.46. The van der Waals surface area contributed by atoms with Gasteiger partial charge in [-0.3, -0.25) is 0 Å². The van der Waals surface area contributed by atoms with Crippen molar-refractivity contribution in [2.45, 2.75) is 37.1 Å². The molecule has 0 spiro atoms. The summed E-state index contributed by atoms with van der Waals surface area (Å²) in [5, 5.41) is 0. The predicted octanol–water partition coefficient (Wildman–Crippen LogP) is 3.28. The van der Waals surface area contributed by atoms with Crippen molar-refractivity contribution >= 4 is 8.07 Å². The average Bonchev–Trinajstić information content (AvgIpc) is 2.55. The Labute approximate surface area is 100 Å². The van der Waals surface area contributed by atoms with E-state index >= 15 is 0 Å². The van der Waals surface area contributed by atoms with Crippen LogP contribution in [0, 0.1) is 0 Å². The molecular formula is C14H23NSi. The molecule has 0 amide bonds. The van der Waals surface area contributed by atoms with E-state index in [4.69, 9.17) is 0 Å². The minimum atomic E-state index is -1.18. The highest BCUT2D eigenvalue weighted by Crippen LogP contribution is 2.42. The van der Waals surface area contributed by atoms with Crippen LogP contribution in [0.3, 0.4) is 0 Å². The number of rotatable bonds is 2. The smallest absolute Gasteiger partial charge is 0.0742 e. The van der Waals surface area contributed by atoms with Crippen molar-refractivity contribution in [3.63, 3.8) is 0 Å². The second kappa shape index (κ2) is 4.34. The number of hydrogen-bond acceptors (Lipinski definition) is 1. The molecule has 0 bridgehead atoms. The van der Waals surface area contributed by atoms with Crippen LogP contribution in [-0.4, -0.2) is 32.7 Å². The van der Waals surface area contributed by atoms with Gasteiger partial charge in [-0.1, -0.05) is 43.4 Å². The first kappa shape index (κ1) is 11.9. The summed E-state index contributed by atoms with van der Waals surface area (Å²) in [6.45, 7) is 5.12. The van der Waals surface area contributed by atoms with Crippen LogP contribution < -0.4 is 0 Å². The zero-order valence-electron chi connectivity index (χ0n) is 10.9. The van der Waals surface area contributed by atoms with E-state index in [2.05, 4.69) is 62.4 Å². The Hall–Kier alpha value is -0.603. The quantitative estimate of drug-likeness (QED) is 0.709. The van der Waals surface area contributed by atoms with Crippen LogP contribution in [-0.2, 0) is 0 Å². The summed E-state index contributed by atoms with van der Waals surface area (Å²) in [5.74, 6) is 0. The minimum Gasteiger partial charge on any atom is -0.309 e. The lowest BCUT2D eigenvalue weighted by molar-refractivity contribution is 0.360. The molecule has 0 radical (unpaired) electrons. The summed E-state index contributed by atoms with van der Waals surface area (Å²) in [6, 6.07) is 11.1. The third kappa shape index (κ3) is 1.96. The van der Waals surface area contributed by atoms with Gasteiger partial charge in [-0.15, -0.1) is 0 Å². The summed E-state index contributed by atoms with van der Waals surface area (Å²) in [6.07, 6.45) is 2.76. The fourth-order valence-electron chi connectivity index (χ4n) is 3.51. The molecule has 1 fully saturated rings. The largest absolute Gasteiger partial charge is 0.309 e. The molecule has 1 heterocycles. The third-order valence-electron chi connectivity index (χ3n) is 4.31. The number of nitrogens with zero attached hydrogens (tertiary/aromatic N) is 1. The number of hydrogen-bond donors (Lipinski definition) is 0. The van der Waals surface area contributed by atoms with Crippen molar-refractivity contribution in [1.82, 2.24) is 4.90 Å². The molecule has 0 saturated carbocycles. The molecule has 2 heteroatoms. The van der Waals surface area contributed by atoms with Gasteiger partial charge in [0.25, 0.3) is 0 Å². The molecule has 2 rings (SSSR count). The SMILES string of the molecule is CN(C)[C@@H]1CC[C@H](c2ccccc2)[Si]1(C)C. The van der Waals surface area contributed by atoms with E-state index in [9.17, 15) is 0 Å². The molecule has 1 saturated heterocycles. The van der Waals surface area contributed by atoms with Gasteiger partial charge in [0.05, 0.1) is 8.07 Å². The van der Waals surface area contributed by atoms with Crippen molar-refractivity contribution in [2.75, 3.05) is 14.1 Å². The molecule has 88 valence electrons. The fraction of sp³-hybridized carbons (Fsp3) is 0.571. The molecule has 1 aromatic rings. The van der Waals surface area contributed by atoms with Gasteiger partial charge in [-0.25, -0.2) is 0 Å². The third-order valence-corrected chi connectivity index (χ3v) is 9.25. The van der Waals surface area contributed by atoms with Crippen molar-refractivity contribution in [1.29, 1.82) is 0 Å². The molecule has 0 unspecified atom stereocenters. The normalized spacial score (nSPS) is 28.6. The van der Waals surface area contributed by atoms with E-state index in [0.29, 0.717) is 0 Å². The van der Waals surface area contributed by atoms with Gasteiger partial charge < -0.3 is 4.90 Å². The lowest BCUT2D eigenvalue weighted by Crippen LogP contribution is -2.49. The summed E-state index contributed by atoms with van der Waals surface area (Å²) in [7, 11) is 3.31. The Bertz CT molecular complexity index is 345. The second-order valence-corrected chi connectivity index (χ2v) is 10.8. The molecule has 0 aromatic heterocycles. The molecular weight excluding hydrogens is 210 g/mol.